The van der Waals surface area contributed by atoms with Crippen LogP contribution in [0, 0.1) is 5.92 Å². The predicted octanol–water partition coefficient (Wildman–Crippen LogP) is 3.93. The van der Waals surface area contributed by atoms with Gasteiger partial charge >= 0.3 is 0 Å². The number of nitrogens with one attached hydrogen (secondary N) is 1. The van der Waals surface area contributed by atoms with Crippen molar-refractivity contribution in [2.75, 3.05) is 31.1 Å². The maximum atomic E-state index is 6.15. The monoisotopic (exact) mass is 330 g/mol. The fraction of sp³-hybridized carbons (Fsp3) is 0.571. The molecule has 2 nitrogen and oxygen atoms in total. The lowest BCUT2D eigenvalue weighted by atomic mass is 10.1. The van der Waals surface area contributed by atoms with Crippen molar-refractivity contribution in [3.63, 3.8) is 0 Å². The van der Waals surface area contributed by atoms with E-state index in [0.29, 0.717) is 0 Å². The fourth-order valence-electron chi connectivity index (χ4n) is 2.40. The summed E-state index contributed by atoms with van der Waals surface area (Å²) >= 11 is 9.58. The van der Waals surface area contributed by atoms with E-state index < -0.39 is 0 Å². The summed E-state index contributed by atoms with van der Waals surface area (Å²) in [5.74, 6) is 0.763. The second-order valence-corrected chi connectivity index (χ2v) is 6.16. The van der Waals surface area contributed by atoms with Gasteiger partial charge in [-0.2, -0.15) is 0 Å². The van der Waals surface area contributed by atoms with Crippen LogP contribution in [-0.4, -0.2) is 26.2 Å². The summed E-state index contributed by atoms with van der Waals surface area (Å²) < 4.78 is 0.966. The molecule has 0 spiro atoms. The van der Waals surface area contributed by atoms with Crippen molar-refractivity contribution in [1.82, 2.24) is 5.32 Å². The third-order valence-corrected chi connectivity index (χ3v) is 4.65. The number of hydrogen-bond acceptors (Lipinski definition) is 2. The van der Waals surface area contributed by atoms with Crippen LogP contribution in [0.4, 0.5) is 5.69 Å². The molecule has 100 valence electrons. The van der Waals surface area contributed by atoms with Gasteiger partial charge in [0.2, 0.25) is 0 Å². The number of nitrogens with zero attached hydrogens (tertiary/aromatic N) is 1. The van der Waals surface area contributed by atoms with Crippen LogP contribution in [-0.2, 0) is 0 Å². The lowest BCUT2D eigenvalue weighted by molar-refractivity contribution is 0.516. The van der Waals surface area contributed by atoms with Crippen molar-refractivity contribution in [3.05, 3.63) is 27.7 Å². The van der Waals surface area contributed by atoms with Gasteiger partial charge in [-0.1, -0.05) is 18.5 Å². The van der Waals surface area contributed by atoms with Crippen LogP contribution in [0.3, 0.4) is 0 Å². The first-order chi connectivity index (χ1) is 8.70. The minimum absolute atomic E-state index is 0.763. The Balaban J connectivity index is 1.89. The first kappa shape index (κ1) is 14.2. The summed E-state index contributed by atoms with van der Waals surface area (Å²) in [6.07, 6.45) is 2.48. The van der Waals surface area contributed by atoms with E-state index in [1.54, 1.807) is 0 Å². The molecule has 1 saturated heterocycles. The average molecular weight is 332 g/mol. The molecule has 0 bridgehead atoms. The Morgan fingerprint density at radius 2 is 2.33 bits per heavy atom. The third-order valence-electron chi connectivity index (χ3n) is 3.41. The quantitative estimate of drug-likeness (QED) is 0.823. The summed E-state index contributed by atoms with van der Waals surface area (Å²) in [7, 11) is 0. The van der Waals surface area contributed by atoms with Crippen molar-refractivity contribution in [3.8, 4) is 0 Å². The standard InChI is InChI=1S/C14H20BrClN2/c1-2-6-17-9-11-5-7-18(10-11)12-3-4-13(15)14(16)8-12/h3-4,8,11,17H,2,5-7,9-10H2,1H3. The van der Waals surface area contributed by atoms with Crippen molar-refractivity contribution in [1.29, 1.82) is 0 Å². The van der Waals surface area contributed by atoms with E-state index in [0.717, 1.165) is 41.6 Å². The Hall–Kier alpha value is -0.250. The van der Waals surface area contributed by atoms with E-state index in [1.165, 1.54) is 18.5 Å². The molecular weight excluding hydrogens is 312 g/mol. The molecule has 0 aromatic heterocycles. The smallest absolute Gasteiger partial charge is 0.0568 e. The molecular formula is C14H20BrClN2. The zero-order chi connectivity index (χ0) is 13.0. The van der Waals surface area contributed by atoms with Gasteiger partial charge in [0.25, 0.3) is 0 Å². The van der Waals surface area contributed by atoms with Gasteiger partial charge < -0.3 is 10.2 Å². The lowest BCUT2D eigenvalue weighted by Gasteiger charge is -2.19. The highest BCUT2D eigenvalue weighted by Gasteiger charge is 2.22. The number of hydrogen-bond donors (Lipinski definition) is 1. The molecule has 2 rings (SSSR count). The number of rotatable bonds is 5. The minimum Gasteiger partial charge on any atom is -0.371 e. The van der Waals surface area contributed by atoms with Gasteiger partial charge in [-0.25, -0.2) is 0 Å². The molecule has 1 fully saturated rings. The highest BCUT2D eigenvalue weighted by Crippen LogP contribution is 2.30. The largest absolute Gasteiger partial charge is 0.371 e. The number of halogens is 2. The second-order valence-electron chi connectivity index (χ2n) is 4.90. The van der Waals surface area contributed by atoms with Crippen LogP contribution in [0.5, 0.6) is 0 Å². The maximum absolute atomic E-state index is 6.15. The summed E-state index contributed by atoms with van der Waals surface area (Å²) in [4.78, 5) is 2.43. The third kappa shape index (κ3) is 3.62. The van der Waals surface area contributed by atoms with Gasteiger partial charge in [-0.15, -0.1) is 0 Å². The van der Waals surface area contributed by atoms with E-state index in [4.69, 9.17) is 11.6 Å². The first-order valence-electron chi connectivity index (χ1n) is 6.61. The molecule has 0 saturated carbocycles. The van der Waals surface area contributed by atoms with Gasteiger partial charge in [-0.05, 0) is 66.0 Å². The first-order valence-corrected chi connectivity index (χ1v) is 7.78. The molecule has 1 unspecified atom stereocenters. The molecule has 1 aromatic rings. The topological polar surface area (TPSA) is 15.3 Å². The molecule has 18 heavy (non-hydrogen) atoms. The summed E-state index contributed by atoms with van der Waals surface area (Å²) in [5.41, 5.74) is 1.24. The van der Waals surface area contributed by atoms with Crippen molar-refractivity contribution < 1.29 is 0 Å². The highest BCUT2D eigenvalue weighted by atomic mass is 79.9. The Kier molecular flexibility index (Phi) is 5.34. The van der Waals surface area contributed by atoms with Crippen LogP contribution in [0.15, 0.2) is 22.7 Å². The zero-order valence-electron chi connectivity index (χ0n) is 10.8. The van der Waals surface area contributed by atoms with Crippen molar-refractivity contribution >= 4 is 33.2 Å². The Morgan fingerprint density at radius 1 is 1.50 bits per heavy atom. The van der Waals surface area contributed by atoms with E-state index in [9.17, 15) is 0 Å². The summed E-state index contributed by atoms with van der Waals surface area (Å²) in [6, 6.07) is 6.21. The highest BCUT2D eigenvalue weighted by molar-refractivity contribution is 9.10. The normalized spacial score (nSPS) is 19.5. The van der Waals surface area contributed by atoms with Gasteiger partial charge in [0.1, 0.15) is 0 Å². The molecule has 1 heterocycles. The minimum atomic E-state index is 0.763. The van der Waals surface area contributed by atoms with Crippen LogP contribution in [0.2, 0.25) is 5.02 Å². The van der Waals surface area contributed by atoms with Gasteiger partial charge in [0, 0.05) is 23.2 Å². The van der Waals surface area contributed by atoms with Crippen LogP contribution >= 0.6 is 27.5 Å². The second kappa shape index (κ2) is 6.78. The van der Waals surface area contributed by atoms with E-state index in [1.807, 2.05) is 12.1 Å². The molecule has 0 aliphatic carbocycles. The summed E-state index contributed by atoms with van der Waals surface area (Å²) in [6.45, 7) is 6.73. The SMILES string of the molecule is CCCNCC1CCN(c2ccc(Br)c(Cl)c2)C1. The molecule has 0 radical (unpaired) electrons. The number of anilines is 1. The Bertz CT molecular complexity index is 397. The summed E-state index contributed by atoms with van der Waals surface area (Å²) in [5, 5.41) is 4.30. The Labute approximate surface area is 123 Å². The van der Waals surface area contributed by atoms with Gasteiger partial charge in [-0.3, -0.25) is 0 Å². The molecule has 1 aromatic carbocycles. The number of benzene rings is 1. The van der Waals surface area contributed by atoms with E-state index in [-0.39, 0.29) is 0 Å². The van der Waals surface area contributed by atoms with Gasteiger partial charge in [0.15, 0.2) is 0 Å². The maximum Gasteiger partial charge on any atom is 0.0568 e. The van der Waals surface area contributed by atoms with Crippen LogP contribution < -0.4 is 10.2 Å². The van der Waals surface area contributed by atoms with Crippen LogP contribution in [0.25, 0.3) is 0 Å². The van der Waals surface area contributed by atoms with Crippen molar-refractivity contribution in [2.45, 2.75) is 19.8 Å². The fourth-order valence-corrected chi connectivity index (χ4v) is 2.82. The van der Waals surface area contributed by atoms with E-state index in [2.05, 4.69) is 39.1 Å². The molecule has 1 N–H and O–H groups in total. The molecule has 1 atom stereocenters. The predicted molar refractivity (Wildman–Crippen MR) is 82.6 cm³/mol. The molecule has 0 amide bonds. The molecule has 1 aliphatic rings. The lowest BCUT2D eigenvalue weighted by Crippen LogP contribution is -2.26. The van der Waals surface area contributed by atoms with Crippen molar-refractivity contribution in [2.24, 2.45) is 5.92 Å². The molecule has 1 aliphatic heterocycles. The average Bonchev–Trinajstić information content (AvgIpc) is 2.82. The van der Waals surface area contributed by atoms with Gasteiger partial charge in [0.05, 0.1) is 5.02 Å². The Morgan fingerprint density at radius 3 is 3.06 bits per heavy atom. The van der Waals surface area contributed by atoms with Crippen LogP contribution in [0.1, 0.15) is 19.8 Å². The molecule has 4 heteroatoms. The zero-order valence-corrected chi connectivity index (χ0v) is 13.1. The van der Waals surface area contributed by atoms with E-state index >= 15 is 0 Å².